The fraction of sp³-hybridized carbons (Fsp3) is 0.350. The van der Waals surface area contributed by atoms with Gasteiger partial charge in [0.05, 0.1) is 26.0 Å². The van der Waals surface area contributed by atoms with Crippen molar-refractivity contribution in [2.75, 3.05) is 19.4 Å². The minimum Gasteiger partial charge on any atom is -0.465 e. The number of nitrogens with one attached hydrogen (secondary N) is 1. The van der Waals surface area contributed by atoms with E-state index >= 15 is 0 Å². The summed E-state index contributed by atoms with van der Waals surface area (Å²) < 4.78 is 29.6. The second-order valence-electron chi connectivity index (χ2n) is 5.94. The number of hydrogen-bond acceptors (Lipinski definition) is 5. The van der Waals surface area contributed by atoms with E-state index in [2.05, 4.69) is 5.09 Å². The SMILES string of the molecule is CCOC(=O)[C@H](C)NP(=O)(CCOCc1ccccc1)Oc1ccccc1. The molecule has 0 heterocycles. The summed E-state index contributed by atoms with van der Waals surface area (Å²) in [4.78, 5) is 11.9. The summed E-state index contributed by atoms with van der Waals surface area (Å²) in [6.45, 7) is 4.22. The summed E-state index contributed by atoms with van der Waals surface area (Å²) >= 11 is 0. The van der Waals surface area contributed by atoms with Gasteiger partial charge in [0.15, 0.2) is 0 Å². The maximum atomic E-state index is 13.3. The molecule has 0 amide bonds. The number of benzene rings is 2. The molecule has 1 N–H and O–H groups in total. The first kappa shape index (κ1) is 21.2. The molecule has 6 nitrogen and oxygen atoms in total. The number of hydrogen-bond donors (Lipinski definition) is 1. The Balaban J connectivity index is 1.97. The Hall–Kier alpha value is -2.14. The van der Waals surface area contributed by atoms with E-state index in [0.717, 1.165) is 5.56 Å². The monoisotopic (exact) mass is 391 g/mol. The molecule has 7 heteroatoms. The molecule has 2 aromatic carbocycles. The molecule has 0 aliphatic rings. The van der Waals surface area contributed by atoms with Gasteiger partial charge in [0.2, 0.25) is 0 Å². The third kappa shape index (κ3) is 7.55. The van der Waals surface area contributed by atoms with Crippen LogP contribution >= 0.6 is 7.52 Å². The Morgan fingerprint density at radius 2 is 1.70 bits per heavy atom. The van der Waals surface area contributed by atoms with Crippen LogP contribution in [-0.4, -0.2) is 31.4 Å². The third-order valence-electron chi connectivity index (χ3n) is 3.67. The number of ether oxygens (including phenoxy) is 2. The topological polar surface area (TPSA) is 73.9 Å². The van der Waals surface area contributed by atoms with Crippen LogP contribution in [0.5, 0.6) is 5.75 Å². The molecule has 2 aromatic rings. The van der Waals surface area contributed by atoms with Crippen LogP contribution in [0.1, 0.15) is 19.4 Å². The summed E-state index contributed by atoms with van der Waals surface area (Å²) in [5.41, 5.74) is 1.03. The fourth-order valence-electron chi connectivity index (χ4n) is 2.35. The summed E-state index contributed by atoms with van der Waals surface area (Å²) in [5, 5.41) is 2.80. The van der Waals surface area contributed by atoms with Gasteiger partial charge in [-0.25, -0.2) is 5.09 Å². The predicted octanol–water partition coefficient (Wildman–Crippen LogP) is 4.02. The van der Waals surface area contributed by atoms with Gasteiger partial charge < -0.3 is 14.0 Å². The first-order valence-electron chi connectivity index (χ1n) is 8.92. The highest BCUT2D eigenvalue weighted by molar-refractivity contribution is 7.57. The zero-order valence-electron chi connectivity index (χ0n) is 15.7. The van der Waals surface area contributed by atoms with E-state index in [-0.39, 0.29) is 19.4 Å². The van der Waals surface area contributed by atoms with Gasteiger partial charge >= 0.3 is 13.5 Å². The molecule has 0 aromatic heterocycles. The Morgan fingerprint density at radius 3 is 2.33 bits per heavy atom. The maximum Gasteiger partial charge on any atom is 0.323 e. The fourth-order valence-corrected chi connectivity index (χ4v) is 4.15. The first-order valence-corrected chi connectivity index (χ1v) is 10.7. The van der Waals surface area contributed by atoms with Crippen molar-refractivity contribution in [2.45, 2.75) is 26.5 Å². The Kier molecular flexibility index (Phi) is 8.52. The van der Waals surface area contributed by atoms with Gasteiger partial charge in [-0.1, -0.05) is 48.5 Å². The molecule has 0 radical (unpaired) electrons. The third-order valence-corrected chi connectivity index (χ3v) is 5.73. The number of para-hydroxylation sites is 1. The minimum absolute atomic E-state index is 0.123. The van der Waals surface area contributed by atoms with Crippen LogP contribution in [0.15, 0.2) is 60.7 Å². The molecule has 0 saturated carbocycles. The van der Waals surface area contributed by atoms with Crippen molar-refractivity contribution in [3.63, 3.8) is 0 Å². The molecule has 1 unspecified atom stereocenters. The van der Waals surface area contributed by atoms with Crippen molar-refractivity contribution in [1.29, 1.82) is 0 Å². The van der Waals surface area contributed by atoms with E-state index < -0.39 is 19.5 Å². The molecule has 27 heavy (non-hydrogen) atoms. The lowest BCUT2D eigenvalue weighted by atomic mass is 10.2. The summed E-state index contributed by atoms with van der Waals surface area (Å²) in [5.74, 6) is -0.00737. The molecule has 0 bridgehead atoms. The zero-order chi connectivity index (χ0) is 19.5. The van der Waals surface area contributed by atoms with Gasteiger partial charge in [-0.15, -0.1) is 0 Å². The smallest absolute Gasteiger partial charge is 0.323 e. The first-order chi connectivity index (χ1) is 13.0. The Bertz CT molecular complexity index is 739. The Morgan fingerprint density at radius 1 is 1.07 bits per heavy atom. The highest BCUT2D eigenvalue weighted by atomic mass is 31.2. The summed E-state index contributed by atoms with van der Waals surface area (Å²) in [6.07, 6.45) is 0.123. The molecule has 2 rings (SSSR count). The maximum absolute atomic E-state index is 13.3. The molecule has 0 spiro atoms. The number of esters is 1. The van der Waals surface area contributed by atoms with Crippen molar-refractivity contribution in [2.24, 2.45) is 0 Å². The molecule has 0 aliphatic heterocycles. The number of carbonyl (C=O) groups excluding carboxylic acids is 1. The average molecular weight is 391 g/mol. The van der Waals surface area contributed by atoms with Crippen LogP contribution in [0.4, 0.5) is 0 Å². The highest BCUT2D eigenvalue weighted by Crippen LogP contribution is 2.43. The van der Waals surface area contributed by atoms with E-state index in [1.54, 1.807) is 38.1 Å². The standard InChI is InChI=1S/C20H26NO5P/c1-3-25-20(22)17(2)21-27(23,26-19-12-8-5-9-13-19)15-14-24-16-18-10-6-4-7-11-18/h4-13,17H,3,14-16H2,1-2H3,(H,21,23)/t17-,27?/m0/s1. The van der Waals surface area contributed by atoms with Crippen molar-refractivity contribution in [1.82, 2.24) is 5.09 Å². The van der Waals surface area contributed by atoms with Crippen LogP contribution in [0.3, 0.4) is 0 Å². The van der Waals surface area contributed by atoms with Gasteiger partial charge in [0.1, 0.15) is 11.8 Å². The van der Waals surface area contributed by atoms with Gasteiger partial charge in [-0.2, -0.15) is 0 Å². The molecular formula is C20H26NO5P. The van der Waals surface area contributed by atoms with Gasteiger partial charge in [0.25, 0.3) is 0 Å². The van der Waals surface area contributed by atoms with Gasteiger partial charge in [-0.3, -0.25) is 9.36 Å². The lowest BCUT2D eigenvalue weighted by Gasteiger charge is -2.23. The molecule has 0 saturated heterocycles. The second-order valence-corrected chi connectivity index (χ2v) is 8.18. The molecule has 0 aliphatic carbocycles. The van der Waals surface area contributed by atoms with E-state index in [0.29, 0.717) is 12.4 Å². The van der Waals surface area contributed by atoms with Crippen molar-refractivity contribution >= 4 is 13.5 Å². The van der Waals surface area contributed by atoms with Gasteiger partial charge in [0, 0.05) is 0 Å². The predicted molar refractivity (Wildman–Crippen MR) is 105 cm³/mol. The normalized spacial score (nSPS) is 14.1. The van der Waals surface area contributed by atoms with Crippen LogP contribution in [-0.2, 0) is 25.4 Å². The lowest BCUT2D eigenvalue weighted by molar-refractivity contribution is -0.144. The van der Waals surface area contributed by atoms with Gasteiger partial charge in [-0.05, 0) is 31.5 Å². The van der Waals surface area contributed by atoms with Crippen LogP contribution < -0.4 is 9.61 Å². The van der Waals surface area contributed by atoms with E-state index in [4.69, 9.17) is 14.0 Å². The highest BCUT2D eigenvalue weighted by Gasteiger charge is 2.30. The second kappa shape index (κ2) is 10.9. The number of carbonyl (C=O) groups is 1. The summed E-state index contributed by atoms with van der Waals surface area (Å²) in [6, 6.07) is 17.8. The van der Waals surface area contributed by atoms with Crippen molar-refractivity contribution in [3.05, 3.63) is 66.2 Å². The minimum atomic E-state index is -3.37. The van der Waals surface area contributed by atoms with Crippen molar-refractivity contribution < 1.29 is 23.4 Å². The quantitative estimate of drug-likeness (QED) is 0.354. The van der Waals surface area contributed by atoms with Crippen LogP contribution in [0, 0.1) is 0 Å². The molecular weight excluding hydrogens is 365 g/mol. The zero-order valence-corrected chi connectivity index (χ0v) is 16.6. The summed E-state index contributed by atoms with van der Waals surface area (Å²) in [7, 11) is -3.37. The Labute approximate surface area is 160 Å². The van der Waals surface area contributed by atoms with E-state index in [9.17, 15) is 9.36 Å². The largest absolute Gasteiger partial charge is 0.465 e. The average Bonchev–Trinajstić information content (AvgIpc) is 2.67. The van der Waals surface area contributed by atoms with E-state index in [1.807, 2.05) is 36.4 Å². The van der Waals surface area contributed by atoms with E-state index in [1.165, 1.54) is 0 Å². The van der Waals surface area contributed by atoms with Crippen molar-refractivity contribution in [3.8, 4) is 5.75 Å². The van der Waals surface area contributed by atoms with Crippen LogP contribution in [0.25, 0.3) is 0 Å². The molecule has 146 valence electrons. The molecule has 2 atom stereocenters. The van der Waals surface area contributed by atoms with Crippen LogP contribution in [0.2, 0.25) is 0 Å². The molecule has 0 fully saturated rings. The number of rotatable bonds is 11. The lowest BCUT2D eigenvalue weighted by Crippen LogP contribution is -2.35.